The fourth-order valence-electron chi connectivity index (χ4n) is 3.73. The average molecular weight is 498 g/mol. The van der Waals surface area contributed by atoms with Crippen molar-refractivity contribution in [1.82, 2.24) is 4.90 Å². The van der Waals surface area contributed by atoms with Gasteiger partial charge in [0.2, 0.25) is 6.79 Å². The second kappa shape index (κ2) is 8.58. The molecule has 0 aliphatic carbocycles. The molecule has 0 spiro atoms. The van der Waals surface area contributed by atoms with Crippen LogP contribution in [0.2, 0.25) is 5.02 Å². The van der Waals surface area contributed by atoms with Crippen molar-refractivity contribution in [2.75, 3.05) is 6.79 Å². The van der Waals surface area contributed by atoms with Gasteiger partial charge in [-0.15, -0.1) is 0 Å². The van der Waals surface area contributed by atoms with Gasteiger partial charge in [-0.25, -0.2) is 4.79 Å². The average Bonchev–Trinajstić information content (AvgIpc) is 3.50. The minimum atomic E-state index is -1.03. The molecule has 0 unspecified atom stereocenters. The summed E-state index contributed by atoms with van der Waals surface area (Å²) in [5.41, 5.74) is 1.93. The van der Waals surface area contributed by atoms with E-state index in [0.717, 1.165) is 16.7 Å². The van der Waals surface area contributed by atoms with Crippen molar-refractivity contribution < 1.29 is 33.4 Å². The molecule has 1 aromatic heterocycles. The summed E-state index contributed by atoms with van der Waals surface area (Å²) in [6.07, 6.45) is 1.49. The molecule has 10 heteroatoms. The van der Waals surface area contributed by atoms with Crippen LogP contribution in [-0.2, 0) is 11.3 Å². The molecule has 0 radical (unpaired) electrons. The van der Waals surface area contributed by atoms with Crippen molar-refractivity contribution in [3.05, 3.63) is 74.8 Å². The van der Waals surface area contributed by atoms with Crippen LogP contribution >= 0.6 is 23.4 Å². The first-order valence-electron chi connectivity index (χ1n) is 10.1. The molecule has 0 atom stereocenters. The predicted octanol–water partition coefficient (Wildman–Crippen LogP) is 5.57. The van der Waals surface area contributed by atoms with E-state index >= 15 is 0 Å². The number of fused-ring (bicyclic) bond motifs is 1. The maximum atomic E-state index is 12.9. The van der Waals surface area contributed by atoms with Gasteiger partial charge in [0.15, 0.2) is 11.5 Å². The van der Waals surface area contributed by atoms with Crippen LogP contribution in [0.25, 0.3) is 17.4 Å². The van der Waals surface area contributed by atoms with Crippen LogP contribution in [0.4, 0.5) is 4.79 Å². The molecular formula is C24H16ClNO7S. The summed E-state index contributed by atoms with van der Waals surface area (Å²) < 4.78 is 16.5. The van der Waals surface area contributed by atoms with Crippen LogP contribution in [0.15, 0.2) is 51.8 Å². The second-order valence-corrected chi connectivity index (χ2v) is 8.95. The molecule has 8 nitrogen and oxygen atoms in total. The lowest BCUT2D eigenvalue weighted by atomic mass is 10.0. The molecule has 2 aromatic carbocycles. The number of amides is 2. The summed E-state index contributed by atoms with van der Waals surface area (Å²) in [6, 6.07) is 11.5. The quantitative estimate of drug-likeness (QED) is 0.456. The molecule has 0 bridgehead atoms. The number of imide groups is 1. The van der Waals surface area contributed by atoms with Crippen molar-refractivity contribution in [3.63, 3.8) is 0 Å². The van der Waals surface area contributed by atoms with Crippen LogP contribution in [-0.4, -0.2) is 33.9 Å². The van der Waals surface area contributed by atoms with Gasteiger partial charge in [0, 0.05) is 22.7 Å². The van der Waals surface area contributed by atoms with Gasteiger partial charge in [-0.05, 0) is 54.1 Å². The molecule has 3 aromatic rings. The molecule has 3 heterocycles. The maximum Gasteiger partial charge on any atom is 0.335 e. The number of thioether (sulfide) groups is 1. The highest BCUT2D eigenvalue weighted by atomic mass is 35.5. The highest BCUT2D eigenvalue weighted by Gasteiger charge is 2.36. The zero-order chi connectivity index (χ0) is 24.0. The molecule has 5 rings (SSSR count). The van der Waals surface area contributed by atoms with E-state index in [4.69, 9.17) is 25.5 Å². The molecule has 2 aliphatic rings. The summed E-state index contributed by atoms with van der Waals surface area (Å²) in [5.74, 6) is 0.348. The first-order valence-corrected chi connectivity index (χ1v) is 11.3. The van der Waals surface area contributed by atoms with Gasteiger partial charge in [0.25, 0.3) is 11.1 Å². The lowest BCUT2D eigenvalue weighted by Gasteiger charge is -2.14. The lowest BCUT2D eigenvalue weighted by molar-refractivity contribution is -0.123. The first-order chi connectivity index (χ1) is 16.3. The minimum Gasteiger partial charge on any atom is -0.478 e. The molecule has 2 aliphatic heterocycles. The second-order valence-electron chi connectivity index (χ2n) is 7.55. The van der Waals surface area contributed by atoms with Crippen molar-refractivity contribution in [3.8, 4) is 22.8 Å². The molecule has 1 saturated heterocycles. The van der Waals surface area contributed by atoms with Crippen LogP contribution in [0.1, 0.15) is 27.2 Å². The van der Waals surface area contributed by atoms with Crippen molar-refractivity contribution in [1.29, 1.82) is 0 Å². The van der Waals surface area contributed by atoms with E-state index in [9.17, 15) is 19.5 Å². The van der Waals surface area contributed by atoms with E-state index in [1.807, 2.05) is 0 Å². The van der Waals surface area contributed by atoms with Crippen LogP contribution in [0.3, 0.4) is 0 Å². The summed E-state index contributed by atoms with van der Waals surface area (Å²) in [5, 5.41) is 9.28. The summed E-state index contributed by atoms with van der Waals surface area (Å²) >= 11 is 7.10. The SMILES string of the molecule is Cc1c(C(=O)O)cccc1-c1ccc(C=C2SC(=O)N(Cc3cc4c(cc3Cl)OCO4)C2=O)o1. The predicted molar refractivity (Wildman–Crippen MR) is 125 cm³/mol. The van der Waals surface area contributed by atoms with Gasteiger partial charge >= 0.3 is 5.97 Å². The van der Waals surface area contributed by atoms with Crippen molar-refractivity contribution >= 4 is 46.6 Å². The number of halogens is 1. The number of carboxylic acid groups (broad SMARTS) is 1. The van der Waals surface area contributed by atoms with Gasteiger partial charge in [-0.1, -0.05) is 23.7 Å². The Morgan fingerprint density at radius 3 is 2.71 bits per heavy atom. The fourth-order valence-corrected chi connectivity index (χ4v) is 4.76. The Morgan fingerprint density at radius 2 is 1.94 bits per heavy atom. The zero-order valence-corrected chi connectivity index (χ0v) is 19.2. The number of benzene rings is 2. The van der Waals surface area contributed by atoms with E-state index in [1.54, 1.807) is 43.3 Å². The zero-order valence-electron chi connectivity index (χ0n) is 17.7. The number of nitrogens with zero attached hydrogens (tertiary/aromatic N) is 1. The van der Waals surface area contributed by atoms with Crippen LogP contribution in [0.5, 0.6) is 11.5 Å². The summed E-state index contributed by atoms with van der Waals surface area (Å²) in [6.45, 7) is 1.78. The number of rotatable bonds is 5. The maximum absolute atomic E-state index is 12.9. The number of hydrogen-bond donors (Lipinski definition) is 1. The Morgan fingerprint density at radius 1 is 1.18 bits per heavy atom. The molecule has 1 fully saturated rings. The number of furan rings is 1. The summed E-state index contributed by atoms with van der Waals surface area (Å²) in [7, 11) is 0. The Labute approximate surface area is 202 Å². The smallest absolute Gasteiger partial charge is 0.335 e. The van der Waals surface area contributed by atoms with Crippen LogP contribution in [0, 0.1) is 6.92 Å². The Balaban J connectivity index is 1.38. The lowest BCUT2D eigenvalue weighted by Crippen LogP contribution is -2.27. The van der Waals surface area contributed by atoms with E-state index < -0.39 is 17.1 Å². The number of hydrogen-bond acceptors (Lipinski definition) is 7. The third kappa shape index (κ3) is 3.93. The Kier molecular flexibility index (Phi) is 5.59. The van der Waals surface area contributed by atoms with Gasteiger partial charge < -0.3 is 19.0 Å². The molecular weight excluding hydrogens is 482 g/mol. The standard InChI is InChI=1S/C24H16ClNO7S/c1-12-15(3-2-4-16(12)23(28)29)18-6-5-14(33-18)8-21-22(27)26(24(30)34-21)10-13-7-19-20(9-17(13)25)32-11-31-19/h2-9H,10-11H2,1H3,(H,28,29). The van der Waals surface area contributed by atoms with E-state index in [-0.39, 0.29) is 23.8 Å². The molecule has 34 heavy (non-hydrogen) atoms. The van der Waals surface area contributed by atoms with E-state index in [1.165, 1.54) is 12.1 Å². The third-order valence-electron chi connectivity index (χ3n) is 5.47. The van der Waals surface area contributed by atoms with Crippen molar-refractivity contribution in [2.24, 2.45) is 0 Å². The van der Waals surface area contributed by atoms with Gasteiger partial charge in [0.05, 0.1) is 17.0 Å². The molecule has 172 valence electrons. The number of carbonyl (C=O) groups excluding carboxylic acids is 2. The normalized spacial score (nSPS) is 16.1. The third-order valence-corrected chi connectivity index (χ3v) is 6.73. The first kappa shape index (κ1) is 22.1. The number of aromatic carboxylic acids is 1. The molecule has 2 amide bonds. The van der Waals surface area contributed by atoms with Crippen LogP contribution < -0.4 is 9.47 Å². The van der Waals surface area contributed by atoms with Crippen molar-refractivity contribution in [2.45, 2.75) is 13.5 Å². The number of carbonyl (C=O) groups is 3. The van der Waals surface area contributed by atoms with Gasteiger partial charge in [-0.2, -0.15) is 0 Å². The van der Waals surface area contributed by atoms with E-state index in [0.29, 0.717) is 44.7 Å². The minimum absolute atomic E-state index is 0.0118. The topological polar surface area (TPSA) is 106 Å². The highest BCUT2D eigenvalue weighted by Crippen LogP contribution is 2.39. The fraction of sp³-hybridized carbons (Fsp3) is 0.125. The number of carboxylic acids is 1. The largest absolute Gasteiger partial charge is 0.478 e. The molecule has 1 N–H and O–H groups in total. The van der Waals surface area contributed by atoms with Gasteiger partial charge in [0.1, 0.15) is 11.5 Å². The van der Waals surface area contributed by atoms with Gasteiger partial charge in [-0.3, -0.25) is 14.5 Å². The Hall–Kier alpha value is -3.69. The summed E-state index contributed by atoms with van der Waals surface area (Å²) in [4.78, 5) is 38.2. The highest BCUT2D eigenvalue weighted by molar-refractivity contribution is 8.18. The Bertz CT molecular complexity index is 1390. The number of ether oxygens (including phenoxy) is 2. The molecule has 0 saturated carbocycles. The van der Waals surface area contributed by atoms with E-state index in [2.05, 4.69) is 0 Å². The monoisotopic (exact) mass is 497 g/mol.